The molecule has 0 heterocycles. The van der Waals surface area contributed by atoms with Crippen LogP contribution in [0.2, 0.25) is 0 Å². The minimum atomic E-state index is -3.07. The number of ketones is 4. The number of likely N-dealkylation sites (N-methyl/N-ethyl adjacent to an activating group) is 1. The average molecular weight is 596 g/mol. The fourth-order valence-electron chi connectivity index (χ4n) is 7.22. The minimum absolute atomic E-state index is 0.0894. The number of Topliss-reactive ketones (excluding diaryl/α,β-unsaturated/α-hetero) is 4. The Morgan fingerprint density at radius 2 is 1.84 bits per heavy atom. The largest absolute Gasteiger partial charge is 0.505 e. The van der Waals surface area contributed by atoms with E-state index < -0.39 is 88.1 Å². The van der Waals surface area contributed by atoms with Gasteiger partial charge >= 0.3 is 5.97 Å². The molecule has 228 valence electrons. The van der Waals surface area contributed by atoms with E-state index in [9.17, 15) is 44.1 Å². The van der Waals surface area contributed by atoms with Gasteiger partial charge in [0.25, 0.3) is 0 Å². The minimum Gasteiger partial charge on any atom is -0.505 e. The van der Waals surface area contributed by atoms with E-state index in [0.29, 0.717) is 16.8 Å². The maximum atomic E-state index is 14.1. The van der Waals surface area contributed by atoms with Crippen molar-refractivity contribution in [2.75, 3.05) is 26.0 Å². The molecule has 1 aromatic carbocycles. The monoisotopic (exact) mass is 595 g/mol. The van der Waals surface area contributed by atoms with Gasteiger partial charge in [-0.1, -0.05) is 19.1 Å². The molecule has 2 saturated carbocycles. The molecule has 0 radical (unpaired) electrons. The van der Waals surface area contributed by atoms with Gasteiger partial charge in [0.1, 0.15) is 5.75 Å². The number of nitrogens with one attached hydrogen (secondary N) is 1. The number of fused-ring (bicyclic) bond motifs is 3. The molecule has 8 atom stereocenters. The molecule has 43 heavy (non-hydrogen) atoms. The molecule has 5 rings (SSSR count). The van der Waals surface area contributed by atoms with Crippen LogP contribution in [0.15, 0.2) is 35.6 Å². The molecule has 0 bridgehead atoms. The number of anilines is 1. The third-order valence-corrected chi connectivity index (χ3v) is 9.18. The molecule has 6 N–H and O–H groups in total. The number of phenols is 1. The smallest absolute Gasteiger partial charge is 0.334 e. The van der Waals surface area contributed by atoms with E-state index >= 15 is 0 Å². The molecule has 0 saturated heterocycles. The normalized spacial score (nSPS) is 33.3. The van der Waals surface area contributed by atoms with Crippen molar-refractivity contribution in [3.05, 3.63) is 46.7 Å². The van der Waals surface area contributed by atoms with Gasteiger partial charge in [-0.25, -0.2) is 4.79 Å². The number of allylic oxidation sites excluding steroid dienone is 2. The summed E-state index contributed by atoms with van der Waals surface area (Å²) in [5.74, 6) is -14.5. The topological polar surface area (TPSA) is 214 Å². The third kappa shape index (κ3) is 4.25. The van der Waals surface area contributed by atoms with Gasteiger partial charge in [-0.3, -0.25) is 28.9 Å². The number of nitrogens with two attached hydrogens (primary N) is 1. The first-order valence-electron chi connectivity index (χ1n) is 13.9. The maximum absolute atomic E-state index is 14.1. The second-order valence-corrected chi connectivity index (χ2v) is 11.7. The highest BCUT2D eigenvalue weighted by Gasteiger charge is 2.72. The van der Waals surface area contributed by atoms with Gasteiger partial charge in [0.15, 0.2) is 34.7 Å². The lowest BCUT2D eigenvalue weighted by Crippen LogP contribution is -2.77. The zero-order chi connectivity index (χ0) is 31.7. The highest BCUT2D eigenvalue weighted by molar-refractivity contribution is 6.32. The molecular weight excluding hydrogens is 562 g/mol. The van der Waals surface area contributed by atoms with E-state index in [1.807, 2.05) is 0 Å². The number of aliphatic hydroxyl groups excluding tert-OH is 1. The van der Waals surface area contributed by atoms with Gasteiger partial charge in [0, 0.05) is 17.2 Å². The molecule has 1 amide bonds. The summed E-state index contributed by atoms with van der Waals surface area (Å²) in [6.45, 7) is 3.52. The van der Waals surface area contributed by atoms with Crippen LogP contribution in [0.25, 0.3) is 0 Å². The van der Waals surface area contributed by atoms with Gasteiger partial charge in [-0.05, 0) is 51.1 Å². The van der Waals surface area contributed by atoms with E-state index in [-0.39, 0.29) is 24.3 Å². The number of phenolic OH excluding ortho intramolecular Hbond substituents is 1. The van der Waals surface area contributed by atoms with Crippen LogP contribution in [-0.4, -0.2) is 93.7 Å². The number of aliphatic hydroxyl groups is 2. The number of carbonyl (C=O) groups excluding carboxylic acids is 6. The summed E-state index contributed by atoms with van der Waals surface area (Å²) >= 11 is 0. The summed E-state index contributed by atoms with van der Waals surface area (Å²) < 4.78 is 5.01. The van der Waals surface area contributed by atoms with Gasteiger partial charge in [0.05, 0.1) is 41.8 Å². The van der Waals surface area contributed by atoms with Gasteiger partial charge in [-0.15, -0.1) is 0 Å². The number of rotatable bonds is 6. The Kier molecular flexibility index (Phi) is 7.39. The lowest BCUT2D eigenvalue weighted by molar-refractivity contribution is -0.196. The van der Waals surface area contributed by atoms with Crippen molar-refractivity contribution < 1.29 is 48.8 Å². The zero-order valence-corrected chi connectivity index (χ0v) is 24.0. The molecule has 2 unspecified atom stereocenters. The summed E-state index contributed by atoms with van der Waals surface area (Å²) in [5.41, 5.74) is 3.29. The highest BCUT2D eigenvalue weighted by Crippen LogP contribution is 2.55. The van der Waals surface area contributed by atoms with E-state index in [4.69, 9.17) is 10.5 Å². The third-order valence-electron chi connectivity index (χ3n) is 9.18. The fourth-order valence-corrected chi connectivity index (χ4v) is 7.22. The molecule has 4 aliphatic carbocycles. The number of amides is 1. The Morgan fingerprint density at radius 1 is 1.16 bits per heavy atom. The number of nitrogens with zero attached hydrogens (tertiary/aromatic N) is 1. The number of hydrogen-bond donors (Lipinski definition) is 5. The van der Waals surface area contributed by atoms with Crippen LogP contribution in [0.5, 0.6) is 5.75 Å². The summed E-state index contributed by atoms with van der Waals surface area (Å²) in [6.07, 6.45) is 1.81. The van der Waals surface area contributed by atoms with Gasteiger partial charge < -0.3 is 31.1 Å². The lowest BCUT2D eigenvalue weighted by Gasteiger charge is -2.56. The summed E-state index contributed by atoms with van der Waals surface area (Å²) in [5, 5.41) is 37.6. The van der Waals surface area contributed by atoms with Crippen molar-refractivity contribution in [1.29, 1.82) is 0 Å². The van der Waals surface area contributed by atoms with Crippen LogP contribution in [0.3, 0.4) is 0 Å². The Hall–Kier alpha value is -4.20. The molecular formula is C30H33N3O10. The number of primary amides is 1. The van der Waals surface area contributed by atoms with Crippen molar-refractivity contribution in [1.82, 2.24) is 4.90 Å². The molecule has 2 fully saturated rings. The molecule has 4 aliphatic rings. The Morgan fingerprint density at radius 3 is 2.44 bits per heavy atom. The number of carbonyl (C=O) groups is 6. The maximum Gasteiger partial charge on any atom is 0.334 e. The standard InChI is InChI=1S/C30H33N3O10/c1-5-43-29(41)12-6-7-13(10-12)32-15-9-8-14-11(2)16-18(23(35)17(14)22(15)34)26(38)30(42)20(24(16)36)21(33(3)4)25(37)19(27(30)39)28(31)40/h7-11,16,18-21,24,32,34,36,42H,5-6H2,1-4H3,(H2,31,40)/t11-,16+,18?,19?,20+,21-,24-,30-/m0/s1. The SMILES string of the molecule is CCOC(=O)C1=CC(Nc2ccc3c(c2O)C(=O)C2C(=O)[C@]4(O)C(=O)C(C(N)=O)C(=O)[C@@H](N(C)C)[C@@H]4[C@@H](O)[C@@H]2[C@H]3C)=CC1. The summed E-state index contributed by atoms with van der Waals surface area (Å²) in [6, 6.07) is 1.64. The van der Waals surface area contributed by atoms with E-state index in [2.05, 4.69) is 5.32 Å². The van der Waals surface area contributed by atoms with Crippen molar-refractivity contribution in [3.63, 3.8) is 0 Å². The van der Waals surface area contributed by atoms with Crippen molar-refractivity contribution in [2.24, 2.45) is 29.4 Å². The summed E-state index contributed by atoms with van der Waals surface area (Å²) in [7, 11) is 2.87. The molecule has 1 aromatic rings. The van der Waals surface area contributed by atoms with Gasteiger partial charge in [0.2, 0.25) is 5.91 Å². The number of esters is 1. The zero-order valence-electron chi connectivity index (χ0n) is 24.0. The Labute approximate surface area is 246 Å². The second kappa shape index (κ2) is 10.5. The average Bonchev–Trinajstić information content (AvgIpc) is 3.40. The molecule has 0 aromatic heterocycles. The first-order chi connectivity index (χ1) is 20.2. The quantitative estimate of drug-likeness (QED) is 0.161. The van der Waals surface area contributed by atoms with Crippen molar-refractivity contribution in [3.8, 4) is 5.75 Å². The molecule has 0 aliphatic heterocycles. The molecule has 0 spiro atoms. The predicted molar refractivity (Wildman–Crippen MR) is 148 cm³/mol. The fraction of sp³-hybridized carbons (Fsp3) is 0.467. The van der Waals surface area contributed by atoms with Crippen LogP contribution in [0, 0.1) is 23.7 Å². The van der Waals surface area contributed by atoms with Crippen LogP contribution >= 0.6 is 0 Å². The summed E-state index contributed by atoms with van der Waals surface area (Å²) in [4.78, 5) is 80.3. The number of hydrogen-bond acceptors (Lipinski definition) is 12. The number of aromatic hydroxyl groups is 1. The van der Waals surface area contributed by atoms with Crippen molar-refractivity contribution in [2.45, 2.75) is 43.9 Å². The molecule has 13 heteroatoms. The van der Waals surface area contributed by atoms with Crippen LogP contribution in [-0.2, 0) is 28.7 Å². The molecule has 13 nitrogen and oxygen atoms in total. The van der Waals surface area contributed by atoms with Crippen molar-refractivity contribution >= 4 is 40.7 Å². The van der Waals surface area contributed by atoms with E-state index in [1.165, 1.54) is 25.1 Å². The number of benzene rings is 1. The van der Waals surface area contributed by atoms with E-state index in [1.54, 1.807) is 32.1 Å². The Balaban J connectivity index is 1.57. The van der Waals surface area contributed by atoms with Gasteiger partial charge in [-0.2, -0.15) is 0 Å². The number of ether oxygens (including phenoxy) is 1. The first kappa shape index (κ1) is 30.3. The highest BCUT2D eigenvalue weighted by atomic mass is 16.5. The Bertz CT molecular complexity index is 1540. The van der Waals surface area contributed by atoms with E-state index in [0.717, 1.165) is 0 Å². The predicted octanol–water partition coefficient (Wildman–Crippen LogP) is -0.412. The lowest BCUT2D eigenvalue weighted by atomic mass is 9.49. The van der Waals surface area contributed by atoms with Crippen LogP contribution in [0.4, 0.5) is 5.69 Å². The van der Waals surface area contributed by atoms with Crippen LogP contribution in [0.1, 0.15) is 42.1 Å². The second-order valence-electron chi connectivity index (χ2n) is 11.7. The first-order valence-corrected chi connectivity index (χ1v) is 13.9. The van der Waals surface area contributed by atoms with Crippen LogP contribution < -0.4 is 11.1 Å².